The summed E-state index contributed by atoms with van der Waals surface area (Å²) in [5.41, 5.74) is 5.27. The van der Waals surface area contributed by atoms with Gasteiger partial charge in [0.1, 0.15) is 5.82 Å². The van der Waals surface area contributed by atoms with Crippen molar-refractivity contribution in [2.75, 3.05) is 0 Å². The Labute approximate surface area is 95.2 Å². The fraction of sp³-hybridized carbons (Fsp3) is 0.200. The van der Waals surface area contributed by atoms with Gasteiger partial charge in [-0.1, -0.05) is 0 Å². The molecule has 0 spiro atoms. The van der Waals surface area contributed by atoms with Crippen LogP contribution in [0, 0.1) is 11.6 Å². The molecule has 0 saturated carbocycles. The van der Waals surface area contributed by atoms with E-state index in [0.717, 1.165) is 12.1 Å². The lowest BCUT2D eigenvalue weighted by molar-refractivity contribution is 0.248. The van der Waals surface area contributed by atoms with Gasteiger partial charge in [-0.2, -0.15) is 0 Å². The van der Waals surface area contributed by atoms with Gasteiger partial charge in [0.25, 0.3) is 5.89 Å². The van der Waals surface area contributed by atoms with Crippen LogP contribution in [-0.2, 0) is 13.2 Å². The molecule has 0 unspecified atom stereocenters. The number of nitrogens with zero attached hydrogens (tertiary/aromatic N) is 2. The molecular weight excluding hydrogens is 232 g/mol. The van der Waals surface area contributed by atoms with Crippen LogP contribution in [0.15, 0.2) is 22.6 Å². The van der Waals surface area contributed by atoms with E-state index < -0.39 is 11.6 Å². The van der Waals surface area contributed by atoms with Gasteiger partial charge in [-0.05, 0) is 12.1 Å². The number of hydrogen-bond acceptors (Lipinski definition) is 5. The van der Waals surface area contributed by atoms with E-state index in [2.05, 4.69) is 10.2 Å². The highest BCUT2D eigenvalue weighted by molar-refractivity contribution is 5.24. The molecule has 0 aliphatic carbocycles. The predicted molar refractivity (Wildman–Crippen MR) is 52.9 cm³/mol. The highest BCUT2D eigenvalue weighted by Crippen LogP contribution is 2.18. The number of hydrogen-bond donors (Lipinski definition) is 1. The zero-order valence-corrected chi connectivity index (χ0v) is 8.69. The third-order valence-corrected chi connectivity index (χ3v) is 1.93. The van der Waals surface area contributed by atoms with E-state index in [1.54, 1.807) is 0 Å². The minimum absolute atomic E-state index is 0.0844. The van der Waals surface area contributed by atoms with Gasteiger partial charge in [-0.25, -0.2) is 8.78 Å². The van der Waals surface area contributed by atoms with E-state index in [1.165, 1.54) is 6.07 Å². The van der Waals surface area contributed by atoms with Crippen LogP contribution in [0.25, 0.3) is 0 Å². The number of rotatable bonds is 4. The Morgan fingerprint density at radius 1 is 1.24 bits per heavy atom. The summed E-state index contributed by atoms with van der Waals surface area (Å²) in [4.78, 5) is 0. The maximum atomic E-state index is 13.2. The lowest BCUT2D eigenvalue weighted by Gasteiger charge is -2.03. The van der Waals surface area contributed by atoms with Crippen molar-refractivity contribution in [3.05, 3.63) is 41.6 Å². The summed E-state index contributed by atoms with van der Waals surface area (Å²) in [6.45, 7) is 0.0213. The Hall–Kier alpha value is -2.02. The average Bonchev–Trinajstić information content (AvgIpc) is 2.76. The normalized spacial score (nSPS) is 10.5. The first-order chi connectivity index (χ1) is 8.19. The fourth-order valence-electron chi connectivity index (χ4n) is 1.16. The van der Waals surface area contributed by atoms with Gasteiger partial charge in [0.15, 0.2) is 18.2 Å². The molecule has 0 amide bonds. The Morgan fingerprint density at radius 3 is 2.65 bits per heavy atom. The molecule has 2 aromatic rings. The first kappa shape index (κ1) is 11.5. The van der Waals surface area contributed by atoms with Crippen molar-refractivity contribution >= 4 is 0 Å². The van der Waals surface area contributed by atoms with Crippen molar-refractivity contribution in [3.63, 3.8) is 0 Å². The molecular formula is C10H9F2N3O2. The van der Waals surface area contributed by atoms with Gasteiger partial charge < -0.3 is 14.9 Å². The second kappa shape index (κ2) is 4.88. The summed E-state index contributed by atoms with van der Waals surface area (Å²) < 4.78 is 35.9. The van der Waals surface area contributed by atoms with Crippen LogP contribution < -0.4 is 10.5 Å². The Morgan fingerprint density at radius 2 is 2.00 bits per heavy atom. The van der Waals surface area contributed by atoms with E-state index in [4.69, 9.17) is 14.9 Å². The summed E-state index contributed by atoms with van der Waals surface area (Å²) in [6, 6.07) is 3.01. The summed E-state index contributed by atoms with van der Waals surface area (Å²) in [6.07, 6.45) is 0. The maximum absolute atomic E-state index is 13.2. The molecule has 0 aliphatic heterocycles. The van der Waals surface area contributed by atoms with Gasteiger partial charge >= 0.3 is 0 Å². The summed E-state index contributed by atoms with van der Waals surface area (Å²) in [5, 5.41) is 7.24. The van der Waals surface area contributed by atoms with E-state index in [0.29, 0.717) is 0 Å². The third kappa shape index (κ3) is 2.76. The van der Waals surface area contributed by atoms with Crippen LogP contribution >= 0.6 is 0 Å². The van der Waals surface area contributed by atoms with Gasteiger partial charge in [-0.15, -0.1) is 10.2 Å². The SMILES string of the molecule is NCc1nnc(COc2ccc(F)cc2F)o1. The van der Waals surface area contributed by atoms with Crippen LogP contribution in [-0.4, -0.2) is 10.2 Å². The zero-order chi connectivity index (χ0) is 12.3. The van der Waals surface area contributed by atoms with Crippen molar-refractivity contribution in [2.45, 2.75) is 13.2 Å². The molecule has 0 saturated heterocycles. The second-order valence-corrected chi connectivity index (χ2v) is 3.16. The lowest BCUT2D eigenvalue weighted by atomic mass is 10.3. The molecule has 0 bridgehead atoms. The van der Waals surface area contributed by atoms with E-state index in [1.807, 2.05) is 0 Å². The van der Waals surface area contributed by atoms with E-state index in [-0.39, 0.29) is 30.7 Å². The minimum Gasteiger partial charge on any atom is -0.481 e. The number of benzene rings is 1. The van der Waals surface area contributed by atoms with Gasteiger partial charge in [0.05, 0.1) is 6.54 Å². The average molecular weight is 241 g/mol. The molecule has 90 valence electrons. The van der Waals surface area contributed by atoms with Crippen LogP contribution in [0.2, 0.25) is 0 Å². The number of nitrogens with two attached hydrogens (primary N) is 1. The van der Waals surface area contributed by atoms with Crippen LogP contribution in [0.1, 0.15) is 11.8 Å². The smallest absolute Gasteiger partial charge is 0.253 e. The zero-order valence-electron chi connectivity index (χ0n) is 8.69. The van der Waals surface area contributed by atoms with Crippen molar-refractivity contribution in [1.82, 2.24) is 10.2 Å². The molecule has 1 aromatic carbocycles. The molecule has 1 aromatic heterocycles. The molecule has 0 radical (unpaired) electrons. The fourth-order valence-corrected chi connectivity index (χ4v) is 1.16. The molecule has 7 heteroatoms. The largest absolute Gasteiger partial charge is 0.481 e. The molecule has 0 atom stereocenters. The molecule has 0 fully saturated rings. The molecule has 1 heterocycles. The van der Waals surface area contributed by atoms with Crippen LogP contribution in [0.5, 0.6) is 5.75 Å². The van der Waals surface area contributed by atoms with Gasteiger partial charge in [0, 0.05) is 6.07 Å². The molecule has 0 aliphatic rings. The highest BCUT2D eigenvalue weighted by atomic mass is 19.1. The summed E-state index contributed by atoms with van der Waals surface area (Å²) in [7, 11) is 0. The topological polar surface area (TPSA) is 74.2 Å². The quantitative estimate of drug-likeness (QED) is 0.875. The Kier molecular flexibility index (Phi) is 3.29. The molecule has 2 N–H and O–H groups in total. The number of aromatic nitrogens is 2. The highest BCUT2D eigenvalue weighted by Gasteiger charge is 2.08. The molecule has 17 heavy (non-hydrogen) atoms. The second-order valence-electron chi connectivity index (χ2n) is 3.16. The molecule has 2 rings (SSSR count). The van der Waals surface area contributed by atoms with Crippen LogP contribution in [0.4, 0.5) is 8.78 Å². The Balaban J connectivity index is 2.02. The van der Waals surface area contributed by atoms with Gasteiger partial charge in [-0.3, -0.25) is 0 Å². The van der Waals surface area contributed by atoms with Crippen molar-refractivity contribution < 1.29 is 17.9 Å². The van der Waals surface area contributed by atoms with Crippen molar-refractivity contribution in [2.24, 2.45) is 5.73 Å². The summed E-state index contributed by atoms with van der Waals surface area (Å²) in [5.74, 6) is -1.10. The van der Waals surface area contributed by atoms with Crippen molar-refractivity contribution in [3.8, 4) is 5.75 Å². The van der Waals surface area contributed by atoms with Gasteiger partial charge in [0.2, 0.25) is 5.89 Å². The maximum Gasteiger partial charge on any atom is 0.253 e. The standard InChI is InChI=1S/C10H9F2N3O2/c11-6-1-2-8(7(12)3-6)16-5-10-15-14-9(4-13)17-10/h1-3H,4-5,13H2. The number of halogens is 2. The van der Waals surface area contributed by atoms with E-state index in [9.17, 15) is 8.78 Å². The first-order valence-corrected chi connectivity index (χ1v) is 4.78. The number of ether oxygens (including phenoxy) is 1. The minimum atomic E-state index is -0.788. The first-order valence-electron chi connectivity index (χ1n) is 4.78. The molecule has 5 nitrogen and oxygen atoms in total. The van der Waals surface area contributed by atoms with Crippen LogP contribution in [0.3, 0.4) is 0 Å². The van der Waals surface area contributed by atoms with E-state index >= 15 is 0 Å². The lowest BCUT2D eigenvalue weighted by Crippen LogP contribution is -1.98. The Bertz CT molecular complexity index is 516. The third-order valence-electron chi connectivity index (χ3n) is 1.93. The monoisotopic (exact) mass is 241 g/mol. The predicted octanol–water partition coefficient (Wildman–Crippen LogP) is 1.39. The summed E-state index contributed by atoms with van der Waals surface area (Å²) >= 11 is 0. The van der Waals surface area contributed by atoms with Crippen molar-refractivity contribution in [1.29, 1.82) is 0 Å².